The predicted molar refractivity (Wildman–Crippen MR) is 78.2 cm³/mol. The Morgan fingerprint density at radius 1 is 1.24 bits per heavy atom. The average Bonchev–Trinajstić information content (AvgIpc) is 3.06. The Morgan fingerprint density at radius 2 is 2.10 bits per heavy atom. The van der Waals surface area contributed by atoms with Crippen molar-refractivity contribution in [2.24, 2.45) is 0 Å². The van der Waals surface area contributed by atoms with Crippen molar-refractivity contribution in [3.8, 4) is 0 Å². The Morgan fingerprint density at radius 3 is 2.90 bits per heavy atom. The molecule has 1 aromatic carbocycles. The van der Waals surface area contributed by atoms with Gasteiger partial charge in [0, 0.05) is 12.2 Å². The van der Waals surface area contributed by atoms with Crippen LogP contribution in [0.2, 0.25) is 0 Å². The fraction of sp³-hybridized carbons (Fsp3) is 0.250. The van der Waals surface area contributed by atoms with Crippen LogP contribution in [0.15, 0.2) is 47.3 Å². The fourth-order valence-corrected chi connectivity index (χ4v) is 2.54. The van der Waals surface area contributed by atoms with Gasteiger partial charge in [-0.1, -0.05) is 18.2 Å². The summed E-state index contributed by atoms with van der Waals surface area (Å²) in [5.74, 6) is -0.401. The van der Waals surface area contributed by atoms with E-state index in [2.05, 4.69) is 5.32 Å². The first kappa shape index (κ1) is 13.4. The van der Waals surface area contributed by atoms with E-state index >= 15 is 0 Å². The molecule has 5 heteroatoms. The van der Waals surface area contributed by atoms with Crippen LogP contribution in [0.5, 0.6) is 0 Å². The molecule has 1 aromatic heterocycles. The molecule has 2 heterocycles. The second kappa shape index (κ2) is 5.83. The number of carbonyl (C=O) groups is 2. The van der Waals surface area contributed by atoms with E-state index in [1.165, 1.54) is 18.1 Å². The Hall–Kier alpha value is -2.56. The first-order valence-corrected chi connectivity index (χ1v) is 6.94. The number of benzene rings is 1. The minimum Gasteiger partial charge on any atom is -0.472 e. The number of nitrogens with one attached hydrogen (secondary N) is 1. The number of furan rings is 1. The summed E-state index contributed by atoms with van der Waals surface area (Å²) in [5, 5.41) is 2.62. The molecule has 0 aliphatic carbocycles. The molecule has 2 amide bonds. The molecule has 1 aliphatic heterocycles. The van der Waals surface area contributed by atoms with Crippen LogP contribution < -0.4 is 10.2 Å². The molecule has 108 valence electrons. The van der Waals surface area contributed by atoms with Gasteiger partial charge in [0.2, 0.25) is 5.91 Å². The van der Waals surface area contributed by atoms with E-state index in [0.29, 0.717) is 12.1 Å². The molecule has 21 heavy (non-hydrogen) atoms. The summed E-state index contributed by atoms with van der Waals surface area (Å²) in [6, 6.07) is 9.46. The van der Waals surface area contributed by atoms with Crippen LogP contribution >= 0.6 is 0 Å². The van der Waals surface area contributed by atoms with E-state index in [9.17, 15) is 9.59 Å². The molecule has 0 saturated heterocycles. The highest BCUT2D eigenvalue weighted by Gasteiger charge is 2.22. The number of fused-ring (bicyclic) bond motifs is 1. The molecule has 0 bridgehead atoms. The van der Waals surface area contributed by atoms with Crippen molar-refractivity contribution in [3.63, 3.8) is 0 Å². The lowest BCUT2D eigenvalue weighted by Gasteiger charge is -2.29. The molecule has 1 N–H and O–H groups in total. The predicted octanol–water partition coefficient (Wildman–Crippen LogP) is 1.99. The van der Waals surface area contributed by atoms with Gasteiger partial charge in [-0.15, -0.1) is 0 Å². The molecule has 0 atom stereocenters. The topological polar surface area (TPSA) is 62.6 Å². The molecular formula is C16H16N2O3. The van der Waals surface area contributed by atoms with E-state index < -0.39 is 0 Å². The summed E-state index contributed by atoms with van der Waals surface area (Å²) < 4.78 is 4.85. The number of aryl methyl sites for hydroxylation is 1. The number of amides is 2. The van der Waals surface area contributed by atoms with Gasteiger partial charge in [-0.3, -0.25) is 9.59 Å². The number of carbonyl (C=O) groups excluding carboxylic acids is 2. The normalized spacial score (nSPS) is 13.6. The summed E-state index contributed by atoms with van der Waals surface area (Å²) in [4.78, 5) is 25.9. The number of anilines is 1. The first-order chi connectivity index (χ1) is 10.3. The Kier molecular flexibility index (Phi) is 3.73. The minimum atomic E-state index is -0.303. The van der Waals surface area contributed by atoms with Gasteiger partial charge in [0.15, 0.2) is 0 Å². The summed E-state index contributed by atoms with van der Waals surface area (Å²) in [5.41, 5.74) is 2.55. The maximum atomic E-state index is 12.3. The molecule has 0 spiro atoms. The number of hydrogen-bond donors (Lipinski definition) is 1. The summed E-state index contributed by atoms with van der Waals surface area (Å²) in [6.07, 6.45) is 4.72. The largest absolute Gasteiger partial charge is 0.472 e. The maximum Gasteiger partial charge on any atom is 0.254 e. The van der Waals surface area contributed by atoms with Crippen molar-refractivity contribution >= 4 is 17.5 Å². The molecule has 3 rings (SSSR count). The first-order valence-electron chi connectivity index (χ1n) is 6.94. The molecule has 1 aliphatic rings. The van der Waals surface area contributed by atoms with Crippen LogP contribution in [0, 0.1) is 0 Å². The number of rotatable bonds is 3. The van der Waals surface area contributed by atoms with Crippen LogP contribution in [-0.2, 0) is 11.2 Å². The second-order valence-electron chi connectivity index (χ2n) is 4.97. The van der Waals surface area contributed by atoms with E-state index in [-0.39, 0.29) is 18.4 Å². The third-order valence-corrected chi connectivity index (χ3v) is 3.59. The Bertz CT molecular complexity index is 649. The Labute approximate surface area is 122 Å². The molecular weight excluding hydrogens is 268 g/mol. The third-order valence-electron chi connectivity index (χ3n) is 3.59. The number of nitrogens with zero attached hydrogens (tertiary/aromatic N) is 1. The van der Waals surface area contributed by atoms with Gasteiger partial charge in [-0.25, -0.2) is 0 Å². The van der Waals surface area contributed by atoms with Crippen LogP contribution in [0.4, 0.5) is 5.69 Å². The van der Waals surface area contributed by atoms with Gasteiger partial charge >= 0.3 is 0 Å². The molecule has 0 unspecified atom stereocenters. The van der Waals surface area contributed by atoms with Crippen molar-refractivity contribution in [2.75, 3.05) is 18.0 Å². The van der Waals surface area contributed by atoms with Crippen LogP contribution in [0.25, 0.3) is 0 Å². The van der Waals surface area contributed by atoms with E-state index in [0.717, 1.165) is 18.5 Å². The SMILES string of the molecule is O=C(NCC(=O)N1CCCc2ccccc21)c1ccoc1. The van der Waals surface area contributed by atoms with Crippen molar-refractivity contribution in [1.82, 2.24) is 5.32 Å². The van der Waals surface area contributed by atoms with Gasteiger partial charge in [-0.2, -0.15) is 0 Å². The van der Waals surface area contributed by atoms with Crippen molar-refractivity contribution in [2.45, 2.75) is 12.8 Å². The highest BCUT2D eigenvalue weighted by molar-refractivity contribution is 6.00. The number of hydrogen-bond acceptors (Lipinski definition) is 3. The van der Waals surface area contributed by atoms with Crippen LogP contribution in [0.3, 0.4) is 0 Å². The number of para-hydroxylation sites is 1. The lowest BCUT2D eigenvalue weighted by molar-refractivity contribution is -0.117. The van der Waals surface area contributed by atoms with Gasteiger partial charge in [0.05, 0.1) is 18.4 Å². The van der Waals surface area contributed by atoms with Gasteiger partial charge in [-0.05, 0) is 30.5 Å². The average molecular weight is 284 g/mol. The fourth-order valence-electron chi connectivity index (χ4n) is 2.54. The quantitative estimate of drug-likeness (QED) is 0.937. The zero-order chi connectivity index (χ0) is 14.7. The zero-order valence-corrected chi connectivity index (χ0v) is 11.5. The molecule has 0 radical (unpaired) electrons. The zero-order valence-electron chi connectivity index (χ0n) is 11.5. The molecule has 5 nitrogen and oxygen atoms in total. The van der Waals surface area contributed by atoms with E-state index in [1.807, 2.05) is 24.3 Å². The van der Waals surface area contributed by atoms with E-state index in [1.54, 1.807) is 11.0 Å². The third kappa shape index (κ3) is 2.81. The minimum absolute atomic E-state index is 0.0155. The lowest BCUT2D eigenvalue weighted by atomic mass is 10.0. The molecule has 0 fully saturated rings. The Balaban J connectivity index is 1.65. The van der Waals surface area contributed by atoms with Crippen molar-refractivity contribution in [3.05, 3.63) is 54.0 Å². The van der Waals surface area contributed by atoms with E-state index in [4.69, 9.17) is 4.42 Å². The monoisotopic (exact) mass is 284 g/mol. The van der Waals surface area contributed by atoms with Crippen molar-refractivity contribution < 1.29 is 14.0 Å². The van der Waals surface area contributed by atoms with Gasteiger partial charge < -0.3 is 14.6 Å². The van der Waals surface area contributed by atoms with Gasteiger partial charge in [0.25, 0.3) is 5.91 Å². The van der Waals surface area contributed by atoms with Gasteiger partial charge in [0.1, 0.15) is 6.26 Å². The summed E-state index contributed by atoms with van der Waals surface area (Å²) >= 11 is 0. The summed E-state index contributed by atoms with van der Waals surface area (Å²) in [7, 11) is 0. The molecule has 2 aromatic rings. The van der Waals surface area contributed by atoms with Crippen molar-refractivity contribution in [1.29, 1.82) is 0 Å². The standard InChI is InChI=1S/C16H16N2O3/c19-15(10-17-16(20)13-7-9-21-11-13)18-8-3-5-12-4-1-2-6-14(12)18/h1-2,4,6-7,9,11H,3,5,8,10H2,(H,17,20). The maximum absolute atomic E-state index is 12.3. The second-order valence-corrected chi connectivity index (χ2v) is 4.97. The highest BCUT2D eigenvalue weighted by atomic mass is 16.3. The summed E-state index contributed by atoms with van der Waals surface area (Å²) in [6.45, 7) is 0.676. The lowest BCUT2D eigenvalue weighted by Crippen LogP contribution is -2.42. The highest BCUT2D eigenvalue weighted by Crippen LogP contribution is 2.26. The van der Waals surface area contributed by atoms with Crippen LogP contribution in [-0.4, -0.2) is 24.9 Å². The molecule has 0 saturated carbocycles. The van der Waals surface area contributed by atoms with Crippen LogP contribution in [0.1, 0.15) is 22.3 Å². The smallest absolute Gasteiger partial charge is 0.254 e.